The van der Waals surface area contributed by atoms with Gasteiger partial charge in [0.05, 0.1) is 16.6 Å². The second-order valence-corrected chi connectivity index (χ2v) is 6.81. The van der Waals surface area contributed by atoms with Crippen molar-refractivity contribution < 1.29 is 8.42 Å². The van der Waals surface area contributed by atoms with Gasteiger partial charge in [-0.05, 0) is 30.2 Å². The van der Waals surface area contributed by atoms with Crippen LogP contribution in [0.2, 0.25) is 0 Å². The number of hydrogen-bond acceptors (Lipinski definition) is 5. The third-order valence-electron chi connectivity index (χ3n) is 3.11. The second-order valence-electron chi connectivity index (χ2n) is 4.51. The Morgan fingerprint density at radius 2 is 1.81 bits per heavy atom. The van der Waals surface area contributed by atoms with Crippen LogP contribution in [0.4, 0.5) is 0 Å². The van der Waals surface area contributed by atoms with Crippen molar-refractivity contribution in [2.24, 2.45) is 0 Å². The van der Waals surface area contributed by atoms with Crippen molar-refractivity contribution >= 4 is 32.8 Å². The molecule has 1 heterocycles. The van der Waals surface area contributed by atoms with E-state index in [1.165, 1.54) is 0 Å². The second kappa shape index (κ2) is 5.88. The molecule has 0 saturated heterocycles. The summed E-state index contributed by atoms with van der Waals surface area (Å²) in [5, 5.41) is 0. The maximum Gasteiger partial charge on any atom is 0.240 e. The van der Waals surface area contributed by atoms with Crippen molar-refractivity contribution in [1.29, 1.82) is 0 Å². The van der Waals surface area contributed by atoms with E-state index >= 15 is 0 Å². The molecule has 0 radical (unpaired) electrons. The monoisotopic (exact) mass is 319 g/mol. The highest BCUT2D eigenvalue weighted by Gasteiger charge is 2.13. The molecule has 1 N–H and O–H groups in total. The molecule has 21 heavy (non-hydrogen) atoms. The van der Waals surface area contributed by atoms with Crippen LogP contribution in [0.3, 0.4) is 0 Å². The molecule has 2 aromatic carbocycles. The van der Waals surface area contributed by atoms with E-state index in [-0.39, 0.29) is 4.90 Å². The first-order chi connectivity index (χ1) is 10.2. The normalized spacial score (nSPS) is 11.8. The van der Waals surface area contributed by atoms with Gasteiger partial charge in [-0.2, -0.15) is 8.75 Å². The summed E-state index contributed by atoms with van der Waals surface area (Å²) < 4.78 is 35.2. The fourth-order valence-electron chi connectivity index (χ4n) is 2.07. The molecule has 1 aromatic heterocycles. The van der Waals surface area contributed by atoms with Gasteiger partial charge >= 0.3 is 0 Å². The zero-order valence-electron chi connectivity index (χ0n) is 11.1. The van der Waals surface area contributed by atoms with Gasteiger partial charge in [0.25, 0.3) is 0 Å². The minimum Gasteiger partial charge on any atom is -0.211 e. The van der Waals surface area contributed by atoms with Crippen LogP contribution in [0.5, 0.6) is 0 Å². The first kappa shape index (κ1) is 14.1. The van der Waals surface area contributed by atoms with Crippen molar-refractivity contribution in [2.75, 3.05) is 6.54 Å². The van der Waals surface area contributed by atoms with Crippen molar-refractivity contribution in [1.82, 2.24) is 13.5 Å². The van der Waals surface area contributed by atoms with E-state index in [4.69, 9.17) is 0 Å². The molecule has 0 saturated carbocycles. The number of sulfonamides is 1. The number of aromatic nitrogens is 2. The lowest BCUT2D eigenvalue weighted by molar-refractivity contribution is 0.581. The summed E-state index contributed by atoms with van der Waals surface area (Å²) in [6.45, 7) is 0.327. The predicted molar refractivity (Wildman–Crippen MR) is 82.7 cm³/mol. The number of nitrogens with zero attached hydrogens (tertiary/aromatic N) is 2. The van der Waals surface area contributed by atoms with Crippen molar-refractivity contribution in [3.63, 3.8) is 0 Å². The lowest BCUT2D eigenvalue weighted by atomic mass is 10.1. The Labute approximate surface area is 127 Å². The summed E-state index contributed by atoms with van der Waals surface area (Å²) in [6.07, 6.45) is 0.578. The number of fused-ring (bicyclic) bond motifs is 1. The van der Waals surface area contributed by atoms with E-state index in [1.54, 1.807) is 30.3 Å². The number of benzene rings is 2. The molecule has 3 aromatic rings. The first-order valence-electron chi connectivity index (χ1n) is 6.42. The van der Waals surface area contributed by atoms with Crippen LogP contribution in [-0.4, -0.2) is 23.7 Å². The van der Waals surface area contributed by atoms with Gasteiger partial charge in [-0.3, -0.25) is 0 Å². The van der Waals surface area contributed by atoms with Crippen LogP contribution < -0.4 is 4.72 Å². The van der Waals surface area contributed by atoms with Gasteiger partial charge in [0.2, 0.25) is 10.0 Å². The van der Waals surface area contributed by atoms with Gasteiger partial charge in [-0.1, -0.05) is 30.3 Å². The molecule has 7 heteroatoms. The van der Waals surface area contributed by atoms with Crippen LogP contribution in [0.25, 0.3) is 11.0 Å². The highest BCUT2D eigenvalue weighted by Crippen LogP contribution is 2.16. The average molecular weight is 319 g/mol. The molecule has 108 valence electrons. The Balaban J connectivity index is 1.70. The zero-order chi connectivity index (χ0) is 14.7. The van der Waals surface area contributed by atoms with Crippen LogP contribution in [0.1, 0.15) is 5.56 Å². The lowest BCUT2D eigenvalue weighted by Gasteiger charge is -2.06. The van der Waals surface area contributed by atoms with Crippen molar-refractivity contribution in [2.45, 2.75) is 11.3 Å². The Hall–Kier alpha value is -1.83. The number of nitrogens with one attached hydrogen (secondary N) is 1. The first-order valence-corrected chi connectivity index (χ1v) is 8.63. The highest BCUT2D eigenvalue weighted by molar-refractivity contribution is 7.89. The maximum absolute atomic E-state index is 12.1. The predicted octanol–water partition coefficient (Wildman–Crippen LogP) is 2.21. The van der Waals surface area contributed by atoms with Gasteiger partial charge in [0.15, 0.2) is 0 Å². The number of rotatable bonds is 5. The quantitative estimate of drug-likeness (QED) is 0.782. The van der Waals surface area contributed by atoms with Gasteiger partial charge < -0.3 is 0 Å². The third kappa shape index (κ3) is 3.10. The Morgan fingerprint density at radius 1 is 1.00 bits per heavy atom. The lowest BCUT2D eigenvalue weighted by Crippen LogP contribution is -2.26. The molecule has 3 rings (SSSR count). The Bertz CT molecular complexity index is 845. The summed E-state index contributed by atoms with van der Waals surface area (Å²) in [6, 6.07) is 14.1. The van der Waals surface area contributed by atoms with E-state index < -0.39 is 10.0 Å². The average Bonchev–Trinajstić information content (AvgIpc) is 2.97. The highest BCUT2D eigenvalue weighted by atomic mass is 32.2. The molecule has 0 aliphatic heterocycles. The largest absolute Gasteiger partial charge is 0.240 e. The standard InChI is InChI=1S/C14H13N3O2S2/c18-21(19,12-6-2-1-3-7-12)15-10-9-11-5-4-8-13-14(11)17-20-16-13/h1-8,15H,9-10H2. The topological polar surface area (TPSA) is 72.0 Å². The molecule has 0 unspecified atom stereocenters. The van der Waals surface area contributed by atoms with E-state index in [0.717, 1.165) is 28.3 Å². The summed E-state index contributed by atoms with van der Waals surface area (Å²) >= 11 is 1.16. The van der Waals surface area contributed by atoms with Gasteiger partial charge in [0.1, 0.15) is 11.0 Å². The molecule has 0 bridgehead atoms. The van der Waals surface area contributed by atoms with Gasteiger partial charge in [-0.15, -0.1) is 0 Å². The summed E-state index contributed by atoms with van der Waals surface area (Å²) in [7, 11) is -3.45. The zero-order valence-corrected chi connectivity index (χ0v) is 12.7. The summed E-state index contributed by atoms with van der Waals surface area (Å²) in [5.74, 6) is 0. The fraction of sp³-hybridized carbons (Fsp3) is 0.143. The van der Waals surface area contributed by atoms with Crippen LogP contribution >= 0.6 is 11.7 Å². The van der Waals surface area contributed by atoms with E-state index in [9.17, 15) is 8.42 Å². The minimum absolute atomic E-state index is 0.276. The smallest absolute Gasteiger partial charge is 0.211 e. The van der Waals surface area contributed by atoms with Crippen LogP contribution in [0.15, 0.2) is 53.4 Å². The SMILES string of the molecule is O=S(=O)(NCCc1cccc2nsnc12)c1ccccc1. The molecular weight excluding hydrogens is 306 g/mol. The minimum atomic E-state index is -3.45. The van der Waals surface area contributed by atoms with E-state index in [0.29, 0.717) is 13.0 Å². The van der Waals surface area contributed by atoms with Crippen molar-refractivity contribution in [3.05, 3.63) is 54.1 Å². The molecule has 0 aliphatic carbocycles. The fourth-order valence-corrected chi connectivity index (χ4v) is 3.69. The van der Waals surface area contributed by atoms with Crippen molar-refractivity contribution in [3.8, 4) is 0 Å². The Kier molecular flexibility index (Phi) is 3.96. The summed E-state index contributed by atoms with van der Waals surface area (Å²) in [4.78, 5) is 0.276. The van der Waals surface area contributed by atoms with Gasteiger partial charge in [0, 0.05) is 6.54 Å². The van der Waals surface area contributed by atoms with Crippen LogP contribution in [0, 0.1) is 0 Å². The Morgan fingerprint density at radius 3 is 2.62 bits per heavy atom. The van der Waals surface area contributed by atoms with Crippen LogP contribution in [-0.2, 0) is 16.4 Å². The molecule has 0 atom stereocenters. The summed E-state index contributed by atoms with van der Waals surface area (Å²) in [5.41, 5.74) is 2.70. The molecule has 0 spiro atoms. The molecular formula is C14H13N3O2S2. The third-order valence-corrected chi connectivity index (χ3v) is 5.13. The molecule has 0 fully saturated rings. The van der Waals surface area contributed by atoms with E-state index in [1.807, 2.05) is 18.2 Å². The molecule has 0 aliphatic rings. The number of hydrogen-bond donors (Lipinski definition) is 1. The molecule has 0 amide bonds. The maximum atomic E-state index is 12.1. The molecule has 5 nitrogen and oxygen atoms in total. The van der Waals surface area contributed by atoms with Gasteiger partial charge in [-0.25, -0.2) is 13.1 Å². The van der Waals surface area contributed by atoms with E-state index in [2.05, 4.69) is 13.5 Å².